The Kier molecular flexibility index (Phi) is 4.26. The van der Waals surface area contributed by atoms with Gasteiger partial charge < -0.3 is 10.5 Å². The van der Waals surface area contributed by atoms with Crippen molar-refractivity contribution in [3.8, 4) is 0 Å². The molecular formula is C9H15NO2. The van der Waals surface area contributed by atoms with Gasteiger partial charge in [0, 0.05) is 11.8 Å². The van der Waals surface area contributed by atoms with Crippen molar-refractivity contribution in [3.05, 3.63) is 11.8 Å². The Morgan fingerprint density at radius 2 is 1.92 bits per heavy atom. The Labute approximate surface area is 72.6 Å². The van der Waals surface area contributed by atoms with Crippen molar-refractivity contribution in [3.63, 3.8) is 0 Å². The monoisotopic (exact) mass is 169 g/mol. The lowest BCUT2D eigenvalue weighted by atomic mass is 9.93. The number of nitrogens with two attached hydrogens (primary N) is 1. The first-order valence-corrected chi connectivity index (χ1v) is 3.92. The fraction of sp³-hybridized carbons (Fsp3) is 0.556. The summed E-state index contributed by atoms with van der Waals surface area (Å²) in [5, 5.41) is 0. The number of carbonyl (C=O) groups is 2. The molecule has 1 atom stereocenters. The van der Waals surface area contributed by atoms with Gasteiger partial charge in [-0.2, -0.15) is 0 Å². The zero-order valence-electron chi connectivity index (χ0n) is 7.70. The first-order valence-electron chi connectivity index (χ1n) is 3.92. The van der Waals surface area contributed by atoms with Gasteiger partial charge in [-0.15, -0.1) is 0 Å². The minimum Gasteiger partial charge on any atom is -0.402 e. The number of carbonyl (C=O) groups excluding carboxylic acids is 2. The Bertz CT molecular complexity index is 203. The quantitative estimate of drug-likeness (QED) is 0.386. The molecule has 12 heavy (non-hydrogen) atoms. The molecule has 0 aliphatic rings. The molecule has 0 bridgehead atoms. The molecule has 2 N–H and O–H groups in total. The van der Waals surface area contributed by atoms with Gasteiger partial charge in [-0.3, -0.25) is 4.79 Å². The fourth-order valence-electron chi connectivity index (χ4n) is 0.873. The van der Waals surface area contributed by atoms with Gasteiger partial charge in [-0.05, 0) is 12.8 Å². The van der Waals surface area contributed by atoms with E-state index in [-0.39, 0.29) is 11.7 Å². The minimum atomic E-state index is -0.552. The fourth-order valence-corrected chi connectivity index (χ4v) is 0.873. The topological polar surface area (TPSA) is 60.2 Å². The van der Waals surface area contributed by atoms with Crippen LogP contribution in [0.25, 0.3) is 0 Å². The molecule has 0 aromatic rings. The Morgan fingerprint density at radius 3 is 2.17 bits per heavy atom. The zero-order chi connectivity index (χ0) is 9.72. The average Bonchev–Trinajstić information content (AvgIpc) is 1.85. The molecule has 0 rings (SSSR count). The van der Waals surface area contributed by atoms with E-state index in [9.17, 15) is 9.59 Å². The predicted octanol–water partition coefficient (Wildman–Crippen LogP) is 0.889. The lowest BCUT2D eigenvalue weighted by Gasteiger charge is -2.09. The molecular weight excluding hydrogens is 154 g/mol. The third kappa shape index (κ3) is 3.32. The van der Waals surface area contributed by atoms with E-state index >= 15 is 0 Å². The Hall–Kier alpha value is -1.12. The van der Waals surface area contributed by atoms with E-state index in [0.717, 1.165) is 0 Å². The molecule has 0 amide bonds. The van der Waals surface area contributed by atoms with Crippen LogP contribution in [0.1, 0.15) is 20.8 Å². The standard InChI is InChI=1S/C9H15NO2/c1-6(2)8(5-11)9(12)4-7(3)10/h4-6,8H,10H2,1-3H3/b7-4-. The molecule has 0 aliphatic heterocycles. The molecule has 0 aromatic carbocycles. The smallest absolute Gasteiger partial charge is 0.167 e. The summed E-state index contributed by atoms with van der Waals surface area (Å²) in [5.74, 6) is -0.728. The van der Waals surface area contributed by atoms with Gasteiger partial charge in [0.05, 0.1) is 5.92 Å². The van der Waals surface area contributed by atoms with E-state index in [1.807, 2.05) is 13.8 Å². The summed E-state index contributed by atoms with van der Waals surface area (Å²) in [7, 11) is 0. The maximum atomic E-state index is 11.2. The minimum absolute atomic E-state index is 0.0330. The summed E-state index contributed by atoms with van der Waals surface area (Å²) in [6.07, 6.45) is 1.98. The lowest BCUT2D eigenvalue weighted by Crippen LogP contribution is -2.20. The summed E-state index contributed by atoms with van der Waals surface area (Å²) in [4.78, 5) is 21.7. The van der Waals surface area contributed by atoms with Crippen LogP contribution in [0, 0.1) is 11.8 Å². The summed E-state index contributed by atoms with van der Waals surface area (Å²) >= 11 is 0. The van der Waals surface area contributed by atoms with Crippen LogP contribution in [0.15, 0.2) is 11.8 Å². The molecule has 1 unspecified atom stereocenters. The second kappa shape index (κ2) is 4.70. The first-order chi connectivity index (χ1) is 5.49. The maximum Gasteiger partial charge on any atom is 0.167 e. The third-order valence-corrected chi connectivity index (χ3v) is 1.56. The molecule has 0 spiro atoms. The van der Waals surface area contributed by atoms with Crippen molar-refractivity contribution in [1.82, 2.24) is 0 Å². The molecule has 0 fully saturated rings. The Morgan fingerprint density at radius 1 is 1.42 bits per heavy atom. The van der Waals surface area contributed by atoms with Crippen molar-refractivity contribution in [2.75, 3.05) is 0 Å². The van der Waals surface area contributed by atoms with Crippen LogP contribution >= 0.6 is 0 Å². The van der Waals surface area contributed by atoms with Crippen molar-refractivity contribution in [2.24, 2.45) is 17.6 Å². The predicted molar refractivity (Wildman–Crippen MR) is 47.3 cm³/mol. The highest BCUT2D eigenvalue weighted by Crippen LogP contribution is 2.09. The van der Waals surface area contributed by atoms with Crippen LogP contribution in [0.4, 0.5) is 0 Å². The van der Waals surface area contributed by atoms with Crippen molar-refractivity contribution in [1.29, 1.82) is 0 Å². The summed E-state index contributed by atoms with van der Waals surface area (Å²) in [5.41, 5.74) is 5.75. The average molecular weight is 169 g/mol. The third-order valence-electron chi connectivity index (χ3n) is 1.56. The molecule has 3 nitrogen and oxygen atoms in total. The van der Waals surface area contributed by atoms with Crippen LogP contribution in [-0.4, -0.2) is 12.1 Å². The van der Waals surface area contributed by atoms with Crippen LogP contribution in [0.5, 0.6) is 0 Å². The van der Waals surface area contributed by atoms with E-state index in [1.165, 1.54) is 6.08 Å². The molecule has 0 saturated heterocycles. The van der Waals surface area contributed by atoms with Gasteiger partial charge >= 0.3 is 0 Å². The number of rotatable bonds is 4. The second-order valence-electron chi connectivity index (χ2n) is 3.20. The lowest BCUT2D eigenvalue weighted by molar-refractivity contribution is -0.125. The molecule has 0 saturated carbocycles. The first kappa shape index (κ1) is 10.9. The van der Waals surface area contributed by atoms with Gasteiger partial charge in [0.2, 0.25) is 0 Å². The molecule has 68 valence electrons. The molecule has 3 heteroatoms. The van der Waals surface area contributed by atoms with E-state index in [4.69, 9.17) is 5.73 Å². The number of hydrogen-bond acceptors (Lipinski definition) is 3. The number of ketones is 1. The van der Waals surface area contributed by atoms with Gasteiger partial charge in [0.15, 0.2) is 5.78 Å². The maximum absolute atomic E-state index is 11.2. The van der Waals surface area contributed by atoms with E-state index in [1.54, 1.807) is 6.92 Å². The van der Waals surface area contributed by atoms with E-state index in [2.05, 4.69) is 0 Å². The summed E-state index contributed by atoms with van der Waals surface area (Å²) in [6.45, 7) is 5.29. The van der Waals surface area contributed by atoms with Crippen molar-refractivity contribution < 1.29 is 9.59 Å². The molecule has 0 radical (unpaired) electrons. The van der Waals surface area contributed by atoms with Gasteiger partial charge in [-0.1, -0.05) is 13.8 Å². The highest BCUT2D eigenvalue weighted by molar-refractivity contribution is 6.01. The van der Waals surface area contributed by atoms with Crippen molar-refractivity contribution in [2.45, 2.75) is 20.8 Å². The number of hydrogen-bond donors (Lipinski definition) is 1. The zero-order valence-corrected chi connectivity index (χ0v) is 7.70. The van der Waals surface area contributed by atoms with E-state index in [0.29, 0.717) is 12.0 Å². The van der Waals surface area contributed by atoms with Gasteiger partial charge in [-0.25, -0.2) is 0 Å². The van der Waals surface area contributed by atoms with Gasteiger partial charge in [0.1, 0.15) is 6.29 Å². The SMILES string of the molecule is C/C(N)=C/C(=O)C(C=O)C(C)C. The highest BCUT2D eigenvalue weighted by atomic mass is 16.1. The van der Waals surface area contributed by atoms with E-state index < -0.39 is 5.92 Å². The highest BCUT2D eigenvalue weighted by Gasteiger charge is 2.18. The van der Waals surface area contributed by atoms with Crippen molar-refractivity contribution >= 4 is 12.1 Å². The molecule has 0 aliphatic carbocycles. The largest absolute Gasteiger partial charge is 0.402 e. The molecule has 0 heterocycles. The number of allylic oxidation sites excluding steroid dienone is 2. The van der Waals surface area contributed by atoms with Crippen LogP contribution in [-0.2, 0) is 9.59 Å². The molecule has 0 aromatic heterocycles. The summed E-state index contributed by atoms with van der Waals surface area (Å²) in [6, 6.07) is 0. The van der Waals surface area contributed by atoms with Crippen LogP contribution in [0.3, 0.4) is 0 Å². The second-order valence-corrected chi connectivity index (χ2v) is 3.20. The van der Waals surface area contributed by atoms with Crippen LogP contribution < -0.4 is 5.73 Å². The normalized spacial score (nSPS) is 14.5. The Balaban J connectivity index is 4.43. The number of aldehydes is 1. The van der Waals surface area contributed by atoms with Crippen LogP contribution in [0.2, 0.25) is 0 Å². The summed E-state index contributed by atoms with van der Waals surface area (Å²) < 4.78 is 0. The van der Waals surface area contributed by atoms with Gasteiger partial charge in [0.25, 0.3) is 0 Å².